The first kappa shape index (κ1) is 15.3. The minimum atomic E-state index is -0.528. The summed E-state index contributed by atoms with van der Waals surface area (Å²) in [5.41, 5.74) is -0.528. The molecule has 0 spiro atoms. The van der Waals surface area contributed by atoms with Gasteiger partial charge in [0, 0.05) is 12.3 Å². The van der Waals surface area contributed by atoms with Crippen LogP contribution < -0.4 is 0 Å². The van der Waals surface area contributed by atoms with Crippen molar-refractivity contribution in [2.24, 2.45) is 5.92 Å². The summed E-state index contributed by atoms with van der Waals surface area (Å²) in [7, 11) is 0. The molecule has 3 unspecified atom stereocenters. The second-order valence-corrected chi connectivity index (χ2v) is 6.81. The number of amides is 1. The second-order valence-electron chi connectivity index (χ2n) is 6.81. The molecule has 1 amide bonds. The van der Waals surface area contributed by atoms with Crippen LogP contribution in [0.5, 0.6) is 0 Å². The van der Waals surface area contributed by atoms with Crippen molar-refractivity contribution in [1.82, 2.24) is 4.90 Å². The minimum absolute atomic E-state index is 0.0583. The second kappa shape index (κ2) is 5.72. The topological polar surface area (TPSA) is 55.8 Å². The SMILES string of the molecule is CC1COCC(C2CCCC2=O)N1C(=O)OC(C)(C)C. The summed E-state index contributed by atoms with van der Waals surface area (Å²) in [4.78, 5) is 26.2. The van der Waals surface area contributed by atoms with E-state index in [9.17, 15) is 9.59 Å². The Morgan fingerprint density at radius 1 is 1.35 bits per heavy atom. The monoisotopic (exact) mass is 283 g/mol. The number of carbonyl (C=O) groups is 2. The lowest BCUT2D eigenvalue weighted by atomic mass is 9.94. The maximum Gasteiger partial charge on any atom is 0.410 e. The average molecular weight is 283 g/mol. The quantitative estimate of drug-likeness (QED) is 0.741. The molecule has 5 heteroatoms. The predicted molar refractivity (Wildman–Crippen MR) is 74.5 cm³/mol. The fourth-order valence-electron chi connectivity index (χ4n) is 3.04. The number of ketones is 1. The molecule has 20 heavy (non-hydrogen) atoms. The van der Waals surface area contributed by atoms with Gasteiger partial charge >= 0.3 is 6.09 Å². The third-order valence-corrected chi connectivity index (χ3v) is 3.90. The molecule has 3 atom stereocenters. The van der Waals surface area contributed by atoms with Gasteiger partial charge in [-0.3, -0.25) is 9.69 Å². The molecule has 5 nitrogen and oxygen atoms in total. The van der Waals surface area contributed by atoms with Crippen molar-refractivity contribution < 1.29 is 19.1 Å². The predicted octanol–water partition coefficient (Wildman–Crippen LogP) is 2.38. The fraction of sp³-hybridized carbons (Fsp3) is 0.867. The molecule has 114 valence electrons. The van der Waals surface area contributed by atoms with Crippen LogP contribution in [0.1, 0.15) is 47.0 Å². The first-order valence-electron chi connectivity index (χ1n) is 7.41. The largest absolute Gasteiger partial charge is 0.444 e. The molecule has 0 aromatic rings. The number of rotatable bonds is 1. The molecule has 0 bridgehead atoms. The number of hydrogen-bond donors (Lipinski definition) is 0. The molecule has 0 aromatic heterocycles. The summed E-state index contributed by atoms with van der Waals surface area (Å²) >= 11 is 0. The van der Waals surface area contributed by atoms with Crippen molar-refractivity contribution >= 4 is 11.9 Å². The molecule has 0 radical (unpaired) electrons. The Labute approximate surface area is 120 Å². The molecule has 2 rings (SSSR count). The molecule has 0 aromatic carbocycles. The highest BCUT2D eigenvalue weighted by molar-refractivity contribution is 5.84. The van der Waals surface area contributed by atoms with Crippen molar-refractivity contribution in [3.8, 4) is 0 Å². The van der Waals surface area contributed by atoms with Crippen molar-refractivity contribution in [3.63, 3.8) is 0 Å². The van der Waals surface area contributed by atoms with Gasteiger partial charge in [0.25, 0.3) is 0 Å². The van der Waals surface area contributed by atoms with Crippen molar-refractivity contribution in [3.05, 3.63) is 0 Å². The Hall–Kier alpha value is -1.10. The maximum absolute atomic E-state index is 12.4. The lowest BCUT2D eigenvalue weighted by molar-refractivity contribution is -0.126. The number of ether oxygens (including phenoxy) is 2. The summed E-state index contributed by atoms with van der Waals surface area (Å²) in [5, 5.41) is 0. The van der Waals surface area contributed by atoms with Gasteiger partial charge in [-0.2, -0.15) is 0 Å². The van der Waals surface area contributed by atoms with E-state index in [4.69, 9.17) is 9.47 Å². The Balaban J connectivity index is 2.15. The molecular weight excluding hydrogens is 258 g/mol. The van der Waals surface area contributed by atoms with E-state index in [1.807, 2.05) is 27.7 Å². The van der Waals surface area contributed by atoms with Crippen molar-refractivity contribution in [2.45, 2.75) is 64.6 Å². The minimum Gasteiger partial charge on any atom is -0.444 e. The zero-order chi connectivity index (χ0) is 14.9. The van der Waals surface area contributed by atoms with E-state index in [0.717, 1.165) is 12.8 Å². The smallest absolute Gasteiger partial charge is 0.410 e. The number of carbonyl (C=O) groups excluding carboxylic acids is 2. The Kier molecular flexibility index (Phi) is 4.37. The summed E-state index contributed by atoms with van der Waals surface area (Å²) in [6, 6.07) is -0.236. The molecule has 0 N–H and O–H groups in total. The van der Waals surface area contributed by atoms with Gasteiger partial charge in [-0.25, -0.2) is 4.79 Å². The van der Waals surface area contributed by atoms with Crippen LogP contribution in [-0.2, 0) is 14.3 Å². The Morgan fingerprint density at radius 3 is 2.60 bits per heavy atom. The molecule has 1 saturated heterocycles. The highest BCUT2D eigenvalue weighted by Gasteiger charge is 2.43. The number of nitrogens with zero attached hydrogens (tertiary/aromatic N) is 1. The first-order valence-corrected chi connectivity index (χ1v) is 7.41. The molecule has 2 fully saturated rings. The third-order valence-electron chi connectivity index (χ3n) is 3.90. The molecule has 1 aliphatic heterocycles. The highest BCUT2D eigenvalue weighted by atomic mass is 16.6. The molecular formula is C15H25NO4. The normalized spacial score (nSPS) is 31.5. The molecule has 1 aliphatic carbocycles. The van der Waals surface area contributed by atoms with E-state index < -0.39 is 5.60 Å². The summed E-state index contributed by atoms with van der Waals surface area (Å²) in [6.07, 6.45) is 2.05. The van der Waals surface area contributed by atoms with Crippen molar-refractivity contribution in [1.29, 1.82) is 0 Å². The molecule has 1 saturated carbocycles. The van der Waals surface area contributed by atoms with Crippen LogP contribution in [0, 0.1) is 5.92 Å². The fourth-order valence-corrected chi connectivity index (χ4v) is 3.04. The van der Waals surface area contributed by atoms with E-state index >= 15 is 0 Å². The van der Waals surface area contributed by atoms with E-state index in [2.05, 4.69) is 0 Å². The maximum atomic E-state index is 12.4. The lowest BCUT2D eigenvalue weighted by Crippen LogP contribution is -2.58. The van der Waals surface area contributed by atoms with Gasteiger partial charge in [-0.05, 0) is 40.5 Å². The zero-order valence-corrected chi connectivity index (χ0v) is 12.8. The average Bonchev–Trinajstić information content (AvgIpc) is 2.72. The Morgan fingerprint density at radius 2 is 2.05 bits per heavy atom. The van der Waals surface area contributed by atoms with Gasteiger partial charge in [-0.1, -0.05) is 0 Å². The van der Waals surface area contributed by atoms with Crippen LogP contribution in [0.2, 0.25) is 0 Å². The van der Waals surface area contributed by atoms with Crippen LogP contribution in [-0.4, -0.2) is 47.7 Å². The van der Waals surface area contributed by atoms with E-state index in [0.29, 0.717) is 19.6 Å². The van der Waals surface area contributed by atoms with Gasteiger partial charge in [0.1, 0.15) is 11.4 Å². The third kappa shape index (κ3) is 3.32. The van der Waals surface area contributed by atoms with Crippen LogP contribution in [0.3, 0.4) is 0 Å². The highest BCUT2D eigenvalue weighted by Crippen LogP contribution is 2.31. The summed E-state index contributed by atoms with van der Waals surface area (Å²) in [5.74, 6) is 0.159. The van der Waals surface area contributed by atoms with Gasteiger partial charge in [0.2, 0.25) is 0 Å². The van der Waals surface area contributed by atoms with Crippen LogP contribution in [0.15, 0.2) is 0 Å². The number of hydrogen-bond acceptors (Lipinski definition) is 4. The van der Waals surface area contributed by atoms with Crippen LogP contribution in [0.4, 0.5) is 4.79 Å². The lowest BCUT2D eigenvalue weighted by Gasteiger charge is -2.42. The number of morpholine rings is 1. The Bertz CT molecular complexity index is 388. The van der Waals surface area contributed by atoms with Crippen molar-refractivity contribution in [2.75, 3.05) is 13.2 Å². The summed E-state index contributed by atoms with van der Waals surface area (Å²) < 4.78 is 11.1. The molecule has 1 heterocycles. The number of Topliss-reactive ketones (excluding diaryl/α,β-unsaturated/α-hetero) is 1. The van der Waals surface area contributed by atoms with E-state index in [-0.39, 0.29) is 29.9 Å². The first-order chi connectivity index (χ1) is 9.29. The van der Waals surface area contributed by atoms with E-state index in [1.165, 1.54) is 0 Å². The van der Waals surface area contributed by atoms with Gasteiger partial charge in [-0.15, -0.1) is 0 Å². The van der Waals surface area contributed by atoms with Crippen LogP contribution in [0.25, 0.3) is 0 Å². The zero-order valence-electron chi connectivity index (χ0n) is 12.8. The van der Waals surface area contributed by atoms with Gasteiger partial charge in [0.05, 0.1) is 25.3 Å². The van der Waals surface area contributed by atoms with Crippen LogP contribution >= 0.6 is 0 Å². The van der Waals surface area contributed by atoms with Gasteiger partial charge < -0.3 is 9.47 Å². The molecule has 2 aliphatic rings. The standard InChI is InChI=1S/C15H25NO4/c1-10-8-19-9-12(11-6-5-7-13(11)17)16(10)14(18)20-15(2,3)4/h10-12H,5-9H2,1-4H3. The van der Waals surface area contributed by atoms with Gasteiger partial charge in [0.15, 0.2) is 0 Å². The van der Waals surface area contributed by atoms with E-state index in [1.54, 1.807) is 4.90 Å². The summed E-state index contributed by atoms with van der Waals surface area (Å²) in [6.45, 7) is 8.43.